The van der Waals surface area contributed by atoms with Gasteiger partial charge in [-0.15, -0.1) is 0 Å². The fourth-order valence-corrected chi connectivity index (χ4v) is 8.29. The number of carbonyl (C=O) groups excluding carboxylic acids is 3. The molecule has 6 nitrogen and oxygen atoms in total. The molecule has 138 valence electrons. The first kappa shape index (κ1) is 22.4. The van der Waals surface area contributed by atoms with E-state index in [9.17, 15) is 14.4 Å². The number of ether oxygens (including phenoxy) is 2. The molecule has 0 aromatic carbocycles. The highest BCUT2D eigenvalue weighted by Crippen LogP contribution is 2.42. The van der Waals surface area contributed by atoms with Crippen LogP contribution in [0, 0.1) is 0 Å². The molecule has 0 N–H and O–H groups in total. The highest BCUT2D eigenvalue weighted by Gasteiger charge is 2.48. The molecule has 0 aromatic rings. The Hall–Kier alpha value is -1.63. The molecule has 0 bridgehead atoms. The Morgan fingerprint density at radius 2 is 1.33 bits per heavy atom. The van der Waals surface area contributed by atoms with Crippen molar-refractivity contribution in [3.05, 3.63) is 12.2 Å². The minimum Gasteiger partial charge on any atom is -0.518 e. The van der Waals surface area contributed by atoms with E-state index in [0.29, 0.717) is 16.6 Å². The van der Waals surface area contributed by atoms with Crippen molar-refractivity contribution in [1.82, 2.24) is 0 Å². The van der Waals surface area contributed by atoms with Crippen LogP contribution >= 0.6 is 0 Å². The Labute approximate surface area is 145 Å². The maximum atomic E-state index is 12.2. The molecule has 24 heavy (non-hydrogen) atoms. The van der Waals surface area contributed by atoms with Crippen LogP contribution in [0.1, 0.15) is 48.0 Å². The Kier molecular flexibility index (Phi) is 9.58. The van der Waals surface area contributed by atoms with Gasteiger partial charge in [0.2, 0.25) is 0 Å². The van der Waals surface area contributed by atoms with Crippen molar-refractivity contribution in [2.45, 2.75) is 64.6 Å². The van der Waals surface area contributed by atoms with Crippen LogP contribution in [-0.4, -0.2) is 39.9 Å². The van der Waals surface area contributed by atoms with Gasteiger partial charge in [-0.2, -0.15) is 0 Å². The molecule has 0 aliphatic rings. The van der Waals surface area contributed by atoms with Gasteiger partial charge in [0.1, 0.15) is 6.61 Å². The first-order valence-electron chi connectivity index (χ1n) is 8.22. The van der Waals surface area contributed by atoms with E-state index in [-0.39, 0.29) is 19.0 Å². The van der Waals surface area contributed by atoms with Gasteiger partial charge in [0.15, 0.2) is 0 Å². The molecule has 0 fully saturated rings. The fourth-order valence-electron chi connectivity index (χ4n) is 3.09. The summed E-state index contributed by atoms with van der Waals surface area (Å²) in [6.45, 7) is 12.5. The summed E-state index contributed by atoms with van der Waals surface area (Å²) in [7, 11) is -1.06. The van der Waals surface area contributed by atoms with E-state index in [0.717, 1.165) is 12.2 Å². The second-order valence-corrected chi connectivity index (χ2v) is 11.9. The summed E-state index contributed by atoms with van der Waals surface area (Å²) in [4.78, 5) is 34.4. The SMILES string of the molecule is COC(=O)/C=C\C(=O)OCCC(=O)O[Si](C(C)C)(C(C)C)C(C)C. The molecule has 0 spiro atoms. The predicted octanol–water partition coefficient (Wildman–Crippen LogP) is 3.37. The lowest BCUT2D eigenvalue weighted by Crippen LogP contribution is -2.49. The first-order valence-corrected chi connectivity index (χ1v) is 10.4. The molecule has 0 rings (SSSR count). The molecule has 0 aliphatic carbocycles. The van der Waals surface area contributed by atoms with Crippen LogP contribution in [0.25, 0.3) is 0 Å². The zero-order valence-corrected chi connectivity index (χ0v) is 16.8. The molecule has 0 aliphatic heterocycles. The van der Waals surface area contributed by atoms with Crippen LogP contribution in [0.15, 0.2) is 12.2 Å². The molecular weight excluding hydrogens is 328 g/mol. The summed E-state index contributed by atoms with van der Waals surface area (Å²) in [6.07, 6.45) is 1.93. The number of methoxy groups -OCH3 is 1. The third kappa shape index (κ3) is 6.47. The average molecular weight is 359 g/mol. The highest BCUT2D eigenvalue weighted by atomic mass is 28.4. The topological polar surface area (TPSA) is 78.9 Å². The van der Waals surface area contributed by atoms with Crippen molar-refractivity contribution < 1.29 is 28.3 Å². The van der Waals surface area contributed by atoms with Gasteiger partial charge in [0.25, 0.3) is 14.3 Å². The first-order chi connectivity index (χ1) is 11.1. The molecule has 0 unspecified atom stereocenters. The van der Waals surface area contributed by atoms with Crippen molar-refractivity contribution >= 4 is 26.2 Å². The van der Waals surface area contributed by atoms with Gasteiger partial charge in [-0.3, -0.25) is 4.79 Å². The van der Waals surface area contributed by atoms with Gasteiger partial charge in [-0.05, 0) is 16.6 Å². The average Bonchev–Trinajstić information content (AvgIpc) is 2.48. The Balaban J connectivity index is 4.59. The van der Waals surface area contributed by atoms with Crippen LogP contribution in [0.5, 0.6) is 0 Å². The van der Waals surface area contributed by atoms with Crippen molar-refractivity contribution in [1.29, 1.82) is 0 Å². The van der Waals surface area contributed by atoms with Gasteiger partial charge >= 0.3 is 11.9 Å². The minimum absolute atomic E-state index is 0.00128. The van der Waals surface area contributed by atoms with Crippen molar-refractivity contribution in [2.75, 3.05) is 13.7 Å². The van der Waals surface area contributed by atoms with E-state index in [1.165, 1.54) is 7.11 Å². The lowest BCUT2D eigenvalue weighted by atomic mass is 10.4. The summed E-state index contributed by atoms with van der Waals surface area (Å²) < 4.78 is 15.2. The van der Waals surface area contributed by atoms with E-state index in [2.05, 4.69) is 46.3 Å². The zero-order chi connectivity index (χ0) is 18.9. The van der Waals surface area contributed by atoms with Crippen LogP contribution in [0.2, 0.25) is 16.6 Å². The number of hydrogen-bond donors (Lipinski definition) is 0. The minimum atomic E-state index is -2.27. The molecule has 0 aromatic heterocycles. The number of hydrogen-bond acceptors (Lipinski definition) is 6. The Bertz CT molecular complexity index is 446. The third-order valence-corrected chi connectivity index (χ3v) is 10.1. The molecule has 0 atom stereocenters. The standard InChI is InChI=1S/C17H30O6Si/c1-12(2)24(13(3)4,14(5)6)23-17(20)10-11-22-16(19)9-8-15(18)21-7/h8-9,12-14H,10-11H2,1-7H3/b9-8-. The van der Waals surface area contributed by atoms with E-state index < -0.39 is 20.3 Å². The van der Waals surface area contributed by atoms with Crippen molar-refractivity contribution in [2.24, 2.45) is 0 Å². The Morgan fingerprint density at radius 1 is 0.875 bits per heavy atom. The smallest absolute Gasteiger partial charge is 0.331 e. The molecule has 0 heterocycles. The maximum absolute atomic E-state index is 12.2. The van der Waals surface area contributed by atoms with Crippen LogP contribution in [-0.2, 0) is 28.3 Å². The highest BCUT2D eigenvalue weighted by molar-refractivity contribution is 6.78. The third-order valence-electron chi connectivity index (χ3n) is 4.10. The van der Waals surface area contributed by atoms with Crippen LogP contribution in [0.4, 0.5) is 0 Å². The normalized spacial score (nSPS) is 12.1. The molecule has 0 radical (unpaired) electrons. The second kappa shape index (κ2) is 10.3. The van der Waals surface area contributed by atoms with Gasteiger partial charge in [0, 0.05) is 12.2 Å². The van der Waals surface area contributed by atoms with Gasteiger partial charge in [-0.25, -0.2) is 9.59 Å². The predicted molar refractivity (Wildman–Crippen MR) is 93.9 cm³/mol. The number of esters is 2. The van der Waals surface area contributed by atoms with E-state index in [4.69, 9.17) is 9.16 Å². The molecule has 7 heteroatoms. The fraction of sp³-hybridized carbons (Fsp3) is 0.706. The zero-order valence-electron chi connectivity index (χ0n) is 15.8. The summed E-state index contributed by atoms with van der Waals surface area (Å²) in [5.41, 5.74) is 0.894. The number of carbonyl (C=O) groups is 3. The Morgan fingerprint density at radius 3 is 1.75 bits per heavy atom. The lowest BCUT2D eigenvalue weighted by molar-refractivity contribution is -0.143. The van der Waals surface area contributed by atoms with E-state index in [1.807, 2.05) is 0 Å². The van der Waals surface area contributed by atoms with Crippen molar-refractivity contribution in [3.8, 4) is 0 Å². The summed E-state index contributed by atoms with van der Waals surface area (Å²) in [5.74, 6) is -1.69. The van der Waals surface area contributed by atoms with Crippen LogP contribution in [0.3, 0.4) is 0 Å². The quantitative estimate of drug-likeness (QED) is 0.357. The number of rotatable bonds is 9. The second-order valence-electron chi connectivity index (χ2n) is 6.57. The van der Waals surface area contributed by atoms with Gasteiger partial charge < -0.3 is 13.9 Å². The van der Waals surface area contributed by atoms with Crippen LogP contribution < -0.4 is 0 Å². The molecule has 0 saturated carbocycles. The summed E-state index contributed by atoms with van der Waals surface area (Å²) in [5, 5.41) is 0. The largest absolute Gasteiger partial charge is 0.518 e. The van der Waals surface area contributed by atoms with E-state index >= 15 is 0 Å². The summed E-state index contributed by atoms with van der Waals surface area (Å²) >= 11 is 0. The van der Waals surface area contributed by atoms with Gasteiger partial charge in [-0.1, -0.05) is 41.5 Å². The monoisotopic (exact) mass is 358 g/mol. The maximum Gasteiger partial charge on any atom is 0.331 e. The molecular formula is C17H30O6Si. The van der Waals surface area contributed by atoms with Crippen molar-refractivity contribution in [3.63, 3.8) is 0 Å². The van der Waals surface area contributed by atoms with Gasteiger partial charge in [0.05, 0.1) is 13.5 Å². The van der Waals surface area contributed by atoms with E-state index in [1.54, 1.807) is 0 Å². The molecule has 0 amide bonds. The summed E-state index contributed by atoms with van der Waals surface area (Å²) in [6, 6.07) is 0. The lowest BCUT2D eigenvalue weighted by Gasteiger charge is -2.41. The molecule has 0 saturated heterocycles.